The number of aliphatic hydroxyl groups excluding tert-OH is 1. The van der Waals surface area contributed by atoms with Crippen molar-refractivity contribution in [2.75, 3.05) is 13.2 Å². The van der Waals surface area contributed by atoms with Gasteiger partial charge in [-0.15, -0.1) is 11.6 Å². The summed E-state index contributed by atoms with van der Waals surface area (Å²) in [6.45, 7) is 4.47. The molecule has 0 aromatic rings. The molecular weight excluding hydrogens is 190 g/mol. The Morgan fingerprint density at radius 3 is 2.62 bits per heavy atom. The van der Waals surface area contributed by atoms with Gasteiger partial charge < -0.3 is 10.4 Å². The lowest BCUT2D eigenvalue weighted by molar-refractivity contribution is -0.120. The number of carbonyl (C=O) groups excluding carboxylic acids is 1. The summed E-state index contributed by atoms with van der Waals surface area (Å²) in [6, 6.07) is 0. The van der Waals surface area contributed by atoms with Crippen molar-refractivity contribution in [1.82, 2.24) is 5.32 Å². The van der Waals surface area contributed by atoms with Crippen LogP contribution >= 0.6 is 11.6 Å². The molecule has 2 N–H and O–H groups in total. The van der Waals surface area contributed by atoms with E-state index in [2.05, 4.69) is 5.32 Å². The van der Waals surface area contributed by atoms with Crippen LogP contribution in [0, 0.1) is 5.92 Å². The molecule has 0 aromatic heterocycles. The normalized spacial score (nSPS) is 15.1. The third-order valence-corrected chi connectivity index (χ3v) is 2.04. The minimum absolute atomic E-state index is 0.127. The van der Waals surface area contributed by atoms with Gasteiger partial charge in [-0.1, -0.05) is 6.92 Å². The fourth-order valence-electron chi connectivity index (χ4n) is 0.894. The third kappa shape index (κ3) is 6.84. The van der Waals surface area contributed by atoms with Gasteiger partial charge in [0, 0.05) is 13.2 Å². The number of hydrogen-bond donors (Lipinski definition) is 2. The van der Waals surface area contributed by atoms with E-state index < -0.39 is 5.38 Å². The van der Waals surface area contributed by atoms with Gasteiger partial charge in [-0.2, -0.15) is 0 Å². The van der Waals surface area contributed by atoms with Crippen LogP contribution in [0.5, 0.6) is 0 Å². The number of amides is 1. The Morgan fingerprint density at radius 2 is 2.15 bits per heavy atom. The Morgan fingerprint density at radius 1 is 1.54 bits per heavy atom. The van der Waals surface area contributed by atoms with E-state index in [-0.39, 0.29) is 12.5 Å². The van der Waals surface area contributed by atoms with E-state index in [1.165, 1.54) is 0 Å². The zero-order chi connectivity index (χ0) is 10.3. The molecular formula is C9H18ClNO2. The molecule has 0 fully saturated rings. The minimum Gasteiger partial charge on any atom is -0.396 e. The average Bonchev–Trinajstić information content (AvgIpc) is 2.11. The van der Waals surface area contributed by atoms with E-state index in [9.17, 15) is 4.79 Å². The maximum Gasteiger partial charge on any atom is 0.237 e. The molecule has 0 aliphatic carbocycles. The van der Waals surface area contributed by atoms with Gasteiger partial charge in [-0.05, 0) is 25.7 Å². The summed E-state index contributed by atoms with van der Waals surface area (Å²) in [6.07, 6.45) is 1.81. The van der Waals surface area contributed by atoms with Crippen LogP contribution in [-0.2, 0) is 4.79 Å². The van der Waals surface area contributed by atoms with Crippen molar-refractivity contribution in [3.8, 4) is 0 Å². The van der Waals surface area contributed by atoms with Crippen LogP contribution in [0.15, 0.2) is 0 Å². The monoisotopic (exact) mass is 207 g/mol. The van der Waals surface area contributed by atoms with Crippen molar-refractivity contribution in [2.45, 2.75) is 32.1 Å². The lowest BCUT2D eigenvalue weighted by atomic mass is 10.1. The van der Waals surface area contributed by atoms with Gasteiger partial charge in [0.1, 0.15) is 5.38 Å². The van der Waals surface area contributed by atoms with Gasteiger partial charge in [0.05, 0.1) is 0 Å². The van der Waals surface area contributed by atoms with Crippen LogP contribution < -0.4 is 5.32 Å². The molecule has 0 aliphatic heterocycles. The number of rotatable bonds is 6. The Hall–Kier alpha value is -0.280. The predicted molar refractivity (Wildman–Crippen MR) is 53.8 cm³/mol. The van der Waals surface area contributed by atoms with Gasteiger partial charge in [-0.3, -0.25) is 4.79 Å². The first-order valence-corrected chi connectivity index (χ1v) is 5.04. The topological polar surface area (TPSA) is 49.3 Å². The first kappa shape index (κ1) is 12.7. The lowest BCUT2D eigenvalue weighted by Crippen LogP contribution is -2.30. The number of hydrogen-bond acceptors (Lipinski definition) is 2. The van der Waals surface area contributed by atoms with Crippen LogP contribution in [0.4, 0.5) is 0 Å². The van der Waals surface area contributed by atoms with Crippen molar-refractivity contribution in [3.05, 3.63) is 0 Å². The second kappa shape index (κ2) is 7.15. The Balaban J connectivity index is 3.31. The van der Waals surface area contributed by atoms with Crippen LogP contribution in [-0.4, -0.2) is 29.5 Å². The van der Waals surface area contributed by atoms with Crippen LogP contribution in [0.25, 0.3) is 0 Å². The van der Waals surface area contributed by atoms with Gasteiger partial charge in [0.2, 0.25) is 5.91 Å². The zero-order valence-electron chi connectivity index (χ0n) is 8.22. The second-order valence-corrected chi connectivity index (χ2v) is 3.99. The minimum atomic E-state index is -0.463. The van der Waals surface area contributed by atoms with E-state index >= 15 is 0 Å². The highest BCUT2D eigenvalue weighted by atomic mass is 35.5. The van der Waals surface area contributed by atoms with Crippen LogP contribution in [0.2, 0.25) is 0 Å². The Labute approximate surface area is 84.5 Å². The summed E-state index contributed by atoms with van der Waals surface area (Å²) in [5, 5.41) is 11.0. The maximum absolute atomic E-state index is 11.0. The Bertz CT molecular complexity index is 151. The fraction of sp³-hybridized carbons (Fsp3) is 0.889. The molecule has 3 nitrogen and oxygen atoms in total. The largest absolute Gasteiger partial charge is 0.396 e. The molecule has 2 atom stereocenters. The van der Waals surface area contributed by atoms with Crippen LogP contribution in [0.1, 0.15) is 26.7 Å². The van der Waals surface area contributed by atoms with E-state index in [0.717, 1.165) is 12.8 Å². The quantitative estimate of drug-likeness (QED) is 0.507. The second-order valence-electron chi connectivity index (χ2n) is 3.34. The summed E-state index contributed by atoms with van der Waals surface area (Å²) >= 11 is 5.54. The zero-order valence-corrected chi connectivity index (χ0v) is 8.97. The number of nitrogens with one attached hydrogen (secondary N) is 1. The van der Waals surface area contributed by atoms with Crippen molar-refractivity contribution in [1.29, 1.82) is 0 Å². The fourth-order valence-corrected chi connectivity index (χ4v) is 0.971. The van der Waals surface area contributed by atoms with Crippen LogP contribution in [0.3, 0.4) is 0 Å². The van der Waals surface area contributed by atoms with Gasteiger partial charge >= 0.3 is 0 Å². The predicted octanol–water partition coefficient (Wildman–Crippen LogP) is 1.14. The van der Waals surface area contributed by atoms with E-state index in [1.807, 2.05) is 6.92 Å². The molecule has 78 valence electrons. The molecule has 4 heteroatoms. The molecule has 0 spiro atoms. The third-order valence-electron chi connectivity index (χ3n) is 1.85. The summed E-state index contributed by atoms with van der Waals surface area (Å²) < 4.78 is 0. The summed E-state index contributed by atoms with van der Waals surface area (Å²) in [7, 11) is 0. The molecule has 0 radical (unpaired) electrons. The van der Waals surface area contributed by atoms with Crippen molar-refractivity contribution >= 4 is 17.5 Å². The number of alkyl halides is 1. The van der Waals surface area contributed by atoms with Gasteiger partial charge in [0.15, 0.2) is 0 Å². The molecule has 0 aliphatic rings. The molecule has 13 heavy (non-hydrogen) atoms. The number of halogens is 1. The molecule has 0 bridgehead atoms. The van der Waals surface area contributed by atoms with Gasteiger partial charge in [0.25, 0.3) is 0 Å². The van der Waals surface area contributed by atoms with E-state index in [4.69, 9.17) is 16.7 Å². The lowest BCUT2D eigenvalue weighted by Gasteiger charge is -2.08. The number of carbonyl (C=O) groups is 1. The highest BCUT2D eigenvalue weighted by molar-refractivity contribution is 6.30. The Kier molecular flexibility index (Phi) is 7.00. The maximum atomic E-state index is 11.0. The summed E-state index contributed by atoms with van der Waals surface area (Å²) in [4.78, 5) is 11.0. The van der Waals surface area contributed by atoms with Crippen molar-refractivity contribution in [3.63, 3.8) is 0 Å². The number of aliphatic hydroxyl groups is 1. The highest BCUT2D eigenvalue weighted by Crippen LogP contribution is 2.02. The average molecular weight is 208 g/mol. The van der Waals surface area contributed by atoms with Crippen molar-refractivity contribution in [2.24, 2.45) is 5.92 Å². The molecule has 0 rings (SSSR count). The SMILES string of the molecule is CC(CO)CCCNC(=O)C(C)Cl. The summed E-state index contributed by atoms with van der Waals surface area (Å²) in [5.41, 5.74) is 0. The molecule has 2 unspecified atom stereocenters. The van der Waals surface area contributed by atoms with Gasteiger partial charge in [-0.25, -0.2) is 0 Å². The summed E-state index contributed by atoms with van der Waals surface area (Å²) in [5.74, 6) is 0.184. The smallest absolute Gasteiger partial charge is 0.237 e. The molecule has 0 saturated carbocycles. The molecule has 0 heterocycles. The van der Waals surface area contributed by atoms with E-state index in [0.29, 0.717) is 12.5 Å². The van der Waals surface area contributed by atoms with Crippen molar-refractivity contribution < 1.29 is 9.90 Å². The van der Waals surface area contributed by atoms with E-state index in [1.54, 1.807) is 6.92 Å². The first-order chi connectivity index (χ1) is 6.07. The standard InChI is InChI=1S/C9H18ClNO2/c1-7(6-12)4-3-5-11-9(13)8(2)10/h7-8,12H,3-6H2,1-2H3,(H,11,13). The molecule has 0 saturated heterocycles. The highest BCUT2D eigenvalue weighted by Gasteiger charge is 2.07. The molecule has 1 amide bonds. The molecule has 0 aromatic carbocycles. The first-order valence-electron chi connectivity index (χ1n) is 4.60.